The number of para-hydroxylation sites is 1. The van der Waals surface area contributed by atoms with Crippen molar-refractivity contribution in [3.63, 3.8) is 0 Å². The summed E-state index contributed by atoms with van der Waals surface area (Å²) >= 11 is 0. The van der Waals surface area contributed by atoms with Crippen LogP contribution in [0.4, 0.5) is 5.82 Å². The second-order valence-corrected chi connectivity index (χ2v) is 6.11. The summed E-state index contributed by atoms with van der Waals surface area (Å²) in [6.07, 6.45) is 3.95. The lowest BCUT2D eigenvalue weighted by Gasteiger charge is -2.22. The number of aromatic nitrogens is 5. The van der Waals surface area contributed by atoms with E-state index in [9.17, 15) is 5.11 Å². The van der Waals surface area contributed by atoms with Crippen molar-refractivity contribution in [3.8, 4) is 28.3 Å². The van der Waals surface area contributed by atoms with E-state index in [-0.39, 0.29) is 11.6 Å². The van der Waals surface area contributed by atoms with Crippen molar-refractivity contribution in [1.29, 1.82) is 0 Å². The Morgan fingerprint density at radius 3 is 2.64 bits per heavy atom. The Kier molecular flexibility index (Phi) is 4.02. The van der Waals surface area contributed by atoms with E-state index in [0.29, 0.717) is 28.6 Å². The van der Waals surface area contributed by atoms with Gasteiger partial charge in [-0.05, 0) is 44.1 Å². The first-order valence-electron chi connectivity index (χ1n) is 8.27. The molecule has 4 rings (SSSR count). The molecule has 1 fully saturated rings. The molecule has 0 aliphatic carbocycles. The maximum Gasteiger partial charge on any atom is 0.155 e. The maximum absolute atomic E-state index is 10.0. The topological polar surface area (TPSA) is 115 Å². The van der Waals surface area contributed by atoms with Crippen LogP contribution in [-0.2, 0) is 0 Å². The fourth-order valence-electron chi connectivity index (χ4n) is 3.08. The molecule has 0 saturated carbocycles. The number of phenolic OH excluding ortho intramolecular Hbond substituents is 1. The lowest BCUT2D eigenvalue weighted by atomic mass is 10.1. The first-order valence-corrected chi connectivity index (χ1v) is 8.27. The molecule has 0 atom stereocenters. The minimum absolute atomic E-state index is 0.144. The summed E-state index contributed by atoms with van der Waals surface area (Å²) in [4.78, 5) is 0. The highest BCUT2D eigenvalue weighted by molar-refractivity contribution is 5.76. The first kappa shape index (κ1) is 15.5. The van der Waals surface area contributed by atoms with E-state index in [1.807, 2.05) is 16.9 Å². The summed E-state index contributed by atoms with van der Waals surface area (Å²) in [6.45, 7) is 1.96. The van der Waals surface area contributed by atoms with Gasteiger partial charge in [-0.3, -0.25) is 0 Å². The number of rotatable bonds is 3. The predicted molar refractivity (Wildman–Crippen MR) is 93.7 cm³/mol. The van der Waals surface area contributed by atoms with Crippen molar-refractivity contribution < 1.29 is 5.11 Å². The Morgan fingerprint density at radius 2 is 1.84 bits per heavy atom. The second kappa shape index (κ2) is 6.48. The van der Waals surface area contributed by atoms with Gasteiger partial charge in [0.25, 0.3) is 0 Å². The average molecular weight is 337 g/mol. The van der Waals surface area contributed by atoms with Gasteiger partial charge in [0.1, 0.15) is 11.4 Å². The zero-order valence-corrected chi connectivity index (χ0v) is 13.6. The Hall–Kier alpha value is -3.00. The summed E-state index contributed by atoms with van der Waals surface area (Å²) in [5.41, 5.74) is 8.46. The lowest BCUT2D eigenvalue weighted by molar-refractivity contribution is 0.337. The highest BCUT2D eigenvalue weighted by Gasteiger charge is 2.19. The number of nitrogens with zero attached hydrogens (tertiary/aromatic N) is 5. The molecule has 1 aliphatic rings. The summed E-state index contributed by atoms with van der Waals surface area (Å²) in [5.74, 6) is 0.433. The van der Waals surface area contributed by atoms with E-state index < -0.39 is 0 Å². The van der Waals surface area contributed by atoms with Crippen molar-refractivity contribution >= 4 is 5.82 Å². The van der Waals surface area contributed by atoms with E-state index in [1.54, 1.807) is 24.3 Å². The normalized spacial score (nSPS) is 15.4. The number of aromatic hydroxyl groups is 1. The molecule has 0 spiro atoms. The molecule has 4 N–H and O–H groups in total. The molecule has 3 heterocycles. The van der Waals surface area contributed by atoms with Crippen LogP contribution in [0.5, 0.6) is 5.75 Å². The molecule has 0 amide bonds. The molecule has 2 aromatic heterocycles. The predicted octanol–water partition coefficient (Wildman–Crippen LogP) is 1.61. The van der Waals surface area contributed by atoms with Gasteiger partial charge in [0, 0.05) is 11.1 Å². The number of nitrogens with two attached hydrogens (primary N) is 1. The highest BCUT2D eigenvalue weighted by atomic mass is 16.3. The number of nitrogen functional groups attached to an aromatic ring is 1. The van der Waals surface area contributed by atoms with Crippen molar-refractivity contribution in [3.05, 3.63) is 36.5 Å². The van der Waals surface area contributed by atoms with Crippen LogP contribution in [-0.4, -0.2) is 43.4 Å². The summed E-state index contributed by atoms with van der Waals surface area (Å²) < 4.78 is 1.90. The van der Waals surface area contributed by atoms with Crippen molar-refractivity contribution in [2.45, 2.75) is 18.9 Å². The van der Waals surface area contributed by atoms with Crippen molar-refractivity contribution in [2.75, 3.05) is 18.8 Å². The fraction of sp³-hybridized carbons (Fsp3) is 0.294. The number of anilines is 1. The quantitative estimate of drug-likeness (QED) is 0.665. The molecule has 0 unspecified atom stereocenters. The Labute approximate surface area is 144 Å². The first-order chi connectivity index (χ1) is 12.2. The lowest BCUT2D eigenvalue weighted by Crippen LogP contribution is -2.29. The SMILES string of the molecule is Nc1nnc(-c2ccccc2O)cc1-c1cn(C2CCNCC2)nn1. The molecule has 3 aromatic rings. The third-order valence-corrected chi connectivity index (χ3v) is 4.47. The van der Waals surface area contributed by atoms with Crippen LogP contribution in [0.3, 0.4) is 0 Å². The van der Waals surface area contributed by atoms with Gasteiger partial charge < -0.3 is 16.2 Å². The molecule has 1 saturated heterocycles. The molecular formula is C17H19N7O. The van der Waals surface area contributed by atoms with Crippen LogP contribution in [0.1, 0.15) is 18.9 Å². The summed E-state index contributed by atoms with van der Waals surface area (Å²) in [7, 11) is 0. The third kappa shape index (κ3) is 3.03. The van der Waals surface area contributed by atoms with Gasteiger partial charge in [-0.2, -0.15) is 0 Å². The van der Waals surface area contributed by atoms with E-state index in [2.05, 4.69) is 25.8 Å². The highest BCUT2D eigenvalue weighted by Crippen LogP contribution is 2.31. The van der Waals surface area contributed by atoms with Gasteiger partial charge in [-0.25, -0.2) is 4.68 Å². The fourth-order valence-corrected chi connectivity index (χ4v) is 3.08. The number of phenols is 1. The smallest absolute Gasteiger partial charge is 0.155 e. The third-order valence-electron chi connectivity index (χ3n) is 4.47. The molecule has 8 heteroatoms. The average Bonchev–Trinajstić information content (AvgIpc) is 3.13. The number of hydrogen-bond acceptors (Lipinski definition) is 7. The van der Waals surface area contributed by atoms with Crippen LogP contribution < -0.4 is 11.1 Å². The molecule has 0 radical (unpaired) electrons. The Bertz CT molecular complexity index is 886. The molecule has 128 valence electrons. The van der Waals surface area contributed by atoms with Gasteiger partial charge in [-0.15, -0.1) is 15.3 Å². The number of hydrogen-bond donors (Lipinski definition) is 3. The molecule has 0 bridgehead atoms. The van der Waals surface area contributed by atoms with Gasteiger partial charge in [0.2, 0.25) is 0 Å². The van der Waals surface area contributed by atoms with Gasteiger partial charge in [0.05, 0.1) is 17.9 Å². The van der Waals surface area contributed by atoms with Gasteiger partial charge in [0.15, 0.2) is 5.82 Å². The van der Waals surface area contributed by atoms with E-state index in [0.717, 1.165) is 25.9 Å². The van der Waals surface area contributed by atoms with E-state index >= 15 is 0 Å². The summed E-state index contributed by atoms with van der Waals surface area (Å²) in [6, 6.07) is 9.12. The zero-order chi connectivity index (χ0) is 17.2. The Balaban J connectivity index is 1.70. The van der Waals surface area contributed by atoms with Crippen LogP contribution in [0, 0.1) is 0 Å². The van der Waals surface area contributed by atoms with Crippen LogP contribution in [0.15, 0.2) is 36.5 Å². The monoisotopic (exact) mass is 337 g/mol. The zero-order valence-electron chi connectivity index (χ0n) is 13.6. The standard InChI is InChI=1S/C17H19N7O/c18-17-13(9-14(20-22-17)12-3-1-2-4-16(12)25)15-10-24(23-21-15)11-5-7-19-8-6-11/h1-4,9-11,19,25H,5-8H2,(H2,18,22). The van der Waals surface area contributed by atoms with Gasteiger partial charge >= 0.3 is 0 Å². The molecule has 25 heavy (non-hydrogen) atoms. The van der Waals surface area contributed by atoms with E-state index in [1.165, 1.54) is 0 Å². The van der Waals surface area contributed by atoms with Crippen LogP contribution in [0.2, 0.25) is 0 Å². The van der Waals surface area contributed by atoms with Gasteiger partial charge in [-0.1, -0.05) is 17.3 Å². The number of benzene rings is 1. The van der Waals surface area contributed by atoms with Crippen molar-refractivity contribution in [2.24, 2.45) is 0 Å². The maximum atomic E-state index is 10.0. The van der Waals surface area contributed by atoms with Crippen LogP contribution >= 0.6 is 0 Å². The molecule has 8 nitrogen and oxygen atoms in total. The number of piperidine rings is 1. The molecule has 1 aromatic carbocycles. The molecular weight excluding hydrogens is 318 g/mol. The minimum Gasteiger partial charge on any atom is -0.507 e. The summed E-state index contributed by atoms with van der Waals surface area (Å²) in [5, 5.41) is 30.0. The van der Waals surface area contributed by atoms with Crippen molar-refractivity contribution in [1.82, 2.24) is 30.5 Å². The largest absolute Gasteiger partial charge is 0.507 e. The second-order valence-electron chi connectivity index (χ2n) is 6.11. The van der Waals surface area contributed by atoms with Crippen LogP contribution in [0.25, 0.3) is 22.5 Å². The molecule has 1 aliphatic heterocycles. The minimum atomic E-state index is 0.144. The Morgan fingerprint density at radius 1 is 1.04 bits per heavy atom. The number of nitrogens with one attached hydrogen (secondary N) is 1. The van der Waals surface area contributed by atoms with E-state index in [4.69, 9.17) is 5.73 Å².